The highest BCUT2D eigenvalue weighted by Gasteiger charge is 2.32. The van der Waals surface area contributed by atoms with E-state index in [0.717, 1.165) is 17.7 Å². The Hall–Kier alpha value is -3.80. The Balaban J connectivity index is 1.49. The number of fused-ring (bicyclic) bond motifs is 1. The van der Waals surface area contributed by atoms with Crippen LogP contribution in [0.4, 0.5) is 24.5 Å². The number of carbonyl (C=O) groups excluding carboxylic acids is 1. The number of alkyl halides is 3. The number of ether oxygens (including phenoxy) is 2. The van der Waals surface area contributed by atoms with Crippen LogP contribution in [0.5, 0.6) is 11.5 Å². The van der Waals surface area contributed by atoms with Crippen molar-refractivity contribution in [2.45, 2.75) is 25.9 Å². The number of hydrogen-bond acceptors (Lipinski definition) is 8. The molecule has 4 rings (SSSR count). The molecule has 1 aliphatic rings. The lowest BCUT2D eigenvalue weighted by molar-refractivity contribution is -0.274. The molecule has 0 aliphatic carbocycles. The second kappa shape index (κ2) is 9.21. The third kappa shape index (κ3) is 5.57. The Kier molecular flexibility index (Phi) is 6.33. The standard InChI is InChI=1S/C22H22F3N5O4/c1-12-4-6-15(14(8-12)21-28-19(29-34-21)11-30(2)3)27-20(31)18-10-26-16-9-13(33-22(23,24)25)5-7-17(16)32-18/h4-9,18,26H,10-11H2,1-3H3,(H,27,31). The first-order valence-corrected chi connectivity index (χ1v) is 10.3. The zero-order chi connectivity index (χ0) is 24.5. The van der Waals surface area contributed by atoms with Crippen molar-refractivity contribution in [3.8, 4) is 23.0 Å². The first-order chi connectivity index (χ1) is 16.1. The van der Waals surface area contributed by atoms with Gasteiger partial charge in [-0.3, -0.25) is 4.79 Å². The van der Waals surface area contributed by atoms with Gasteiger partial charge in [-0.1, -0.05) is 16.8 Å². The van der Waals surface area contributed by atoms with E-state index in [2.05, 4.69) is 25.5 Å². The monoisotopic (exact) mass is 477 g/mol. The average Bonchev–Trinajstić information content (AvgIpc) is 3.21. The number of aromatic nitrogens is 2. The molecule has 2 heterocycles. The summed E-state index contributed by atoms with van der Waals surface area (Å²) >= 11 is 0. The summed E-state index contributed by atoms with van der Waals surface area (Å²) in [4.78, 5) is 19.2. The van der Waals surface area contributed by atoms with Gasteiger partial charge in [-0.2, -0.15) is 4.98 Å². The molecule has 0 saturated heterocycles. The van der Waals surface area contributed by atoms with Crippen LogP contribution in [0.15, 0.2) is 40.9 Å². The summed E-state index contributed by atoms with van der Waals surface area (Å²) in [6.07, 6.45) is -5.73. The van der Waals surface area contributed by atoms with E-state index in [1.165, 1.54) is 6.07 Å². The fourth-order valence-electron chi connectivity index (χ4n) is 3.36. The maximum atomic E-state index is 12.9. The van der Waals surface area contributed by atoms with E-state index in [-0.39, 0.29) is 23.9 Å². The SMILES string of the molecule is Cc1ccc(NC(=O)C2CNc3cc(OC(F)(F)F)ccc3O2)c(-c2nc(CN(C)C)no2)c1. The van der Waals surface area contributed by atoms with Gasteiger partial charge in [0.2, 0.25) is 0 Å². The van der Waals surface area contributed by atoms with Gasteiger partial charge in [0.25, 0.3) is 11.8 Å². The van der Waals surface area contributed by atoms with Gasteiger partial charge in [-0.25, -0.2) is 0 Å². The quantitative estimate of drug-likeness (QED) is 0.553. The van der Waals surface area contributed by atoms with Gasteiger partial charge in [0.05, 0.1) is 30.0 Å². The minimum atomic E-state index is -4.80. The minimum absolute atomic E-state index is 0.0447. The van der Waals surface area contributed by atoms with E-state index in [9.17, 15) is 18.0 Å². The van der Waals surface area contributed by atoms with E-state index in [1.54, 1.807) is 6.07 Å². The molecule has 3 aromatic rings. The lowest BCUT2D eigenvalue weighted by atomic mass is 10.1. The van der Waals surface area contributed by atoms with Crippen molar-refractivity contribution in [1.82, 2.24) is 15.0 Å². The summed E-state index contributed by atoms with van der Waals surface area (Å²) in [6.45, 7) is 2.44. The largest absolute Gasteiger partial charge is 0.573 e. The second-order valence-corrected chi connectivity index (χ2v) is 7.98. The van der Waals surface area contributed by atoms with Gasteiger partial charge in [0.15, 0.2) is 11.9 Å². The molecule has 1 unspecified atom stereocenters. The van der Waals surface area contributed by atoms with Gasteiger partial charge in [-0.05, 0) is 45.3 Å². The number of nitrogens with zero attached hydrogens (tertiary/aromatic N) is 3. The summed E-state index contributed by atoms with van der Waals surface area (Å²) in [7, 11) is 3.77. The van der Waals surface area contributed by atoms with Crippen LogP contribution in [-0.4, -0.2) is 54.1 Å². The molecule has 2 N–H and O–H groups in total. The Morgan fingerprint density at radius 2 is 2.06 bits per heavy atom. The Labute approximate surface area is 192 Å². The number of carbonyl (C=O) groups is 1. The number of aryl methyl sites for hydroxylation is 1. The van der Waals surface area contributed by atoms with Gasteiger partial charge >= 0.3 is 6.36 Å². The van der Waals surface area contributed by atoms with Crippen LogP contribution < -0.4 is 20.1 Å². The van der Waals surface area contributed by atoms with E-state index in [0.29, 0.717) is 29.3 Å². The van der Waals surface area contributed by atoms with Crippen molar-refractivity contribution >= 4 is 17.3 Å². The Morgan fingerprint density at radius 1 is 1.26 bits per heavy atom. The third-order valence-electron chi connectivity index (χ3n) is 4.81. The lowest BCUT2D eigenvalue weighted by Gasteiger charge is -2.27. The van der Waals surface area contributed by atoms with Gasteiger partial charge < -0.3 is 29.5 Å². The fraction of sp³-hybridized carbons (Fsp3) is 0.318. The number of nitrogens with one attached hydrogen (secondary N) is 2. The van der Waals surface area contributed by atoms with Crippen molar-refractivity contribution in [2.75, 3.05) is 31.3 Å². The van der Waals surface area contributed by atoms with E-state index in [4.69, 9.17) is 9.26 Å². The van der Waals surface area contributed by atoms with Crippen LogP contribution in [0.25, 0.3) is 11.5 Å². The smallest absolute Gasteiger partial charge is 0.477 e. The van der Waals surface area contributed by atoms with Crippen molar-refractivity contribution in [2.24, 2.45) is 0 Å². The van der Waals surface area contributed by atoms with E-state index in [1.807, 2.05) is 38.1 Å². The lowest BCUT2D eigenvalue weighted by Crippen LogP contribution is -2.41. The molecule has 0 fully saturated rings. The van der Waals surface area contributed by atoms with Crippen molar-refractivity contribution in [3.63, 3.8) is 0 Å². The van der Waals surface area contributed by atoms with Crippen LogP contribution in [0.3, 0.4) is 0 Å². The summed E-state index contributed by atoms with van der Waals surface area (Å²) in [6, 6.07) is 8.96. The highest BCUT2D eigenvalue weighted by molar-refractivity contribution is 5.98. The van der Waals surface area contributed by atoms with Crippen molar-refractivity contribution < 1.29 is 32.0 Å². The van der Waals surface area contributed by atoms with E-state index < -0.39 is 18.4 Å². The van der Waals surface area contributed by atoms with Gasteiger partial charge in [0.1, 0.15) is 11.5 Å². The van der Waals surface area contributed by atoms with Gasteiger partial charge in [-0.15, -0.1) is 13.2 Å². The predicted octanol–water partition coefficient (Wildman–Crippen LogP) is 3.82. The number of amides is 1. The summed E-state index contributed by atoms with van der Waals surface area (Å²) < 4.78 is 52.3. The summed E-state index contributed by atoms with van der Waals surface area (Å²) in [5.41, 5.74) is 2.24. The molecule has 12 heteroatoms. The predicted molar refractivity (Wildman–Crippen MR) is 117 cm³/mol. The third-order valence-corrected chi connectivity index (χ3v) is 4.81. The molecule has 1 amide bonds. The number of halogens is 3. The normalized spacial score (nSPS) is 15.3. The molecule has 2 aromatic carbocycles. The van der Waals surface area contributed by atoms with E-state index >= 15 is 0 Å². The Bertz CT molecular complexity index is 1200. The van der Waals surface area contributed by atoms with Gasteiger partial charge in [0, 0.05) is 6.07 Å². The molecule has 9 nitrogen and oxygen atoms in total. The Morgan fingerprint density at radius 3 is 2.79 bits per heavy atom. The number of anilines is 2. The molecule has 0 spiro atoms. The minimum Gasteiger partial charge on any atom is -0.477 e. The maximum Gasteiger partial charge on any atom is 0.573 e. The molecular weight excluding hydrogens is 455 g/mol. The summed E-state index contributed by atoms with van der Waals surface area (Å²) in [5.74, 6) is 0.162. The molecule has 34 heavy (non-hydrogen) atoms. The molecular formula is C22H22F3N5O4. The zero-order valence-corrected chi connectivity index (χ0v) is 18.6. The number of rotatable bonds is 6. The fourth-order valence-corrected chi connectivity index (χ4v) is 3.36. The summed E-state index contributed by atoms with van der Waals surface area (Å²) in [5, 5.41) is 9.69. The molecule has 0 radical (unpaired) electrons. The first kappa shape index (κ1) is 23.4. The molecule has 0 saturated carbocycles. The van der Waals surface area contributed by atoms with Crippen molar-refractivity contribution in [1.29, 1.82) is 0 Å². The molecule has 180 valence electrons. The zero-order valence-electron chi connectivity index (χ0n) is 18.6. The average molecular weight is 477 g/mol. The number of hydrogen-bond donors (Lipinski definition) is 2. The molecule has 1 aliphatic heterocycles. The molecule has 1 atom stereocenters. The number of benzene rings is 2. The maximum absolute atomic E-state index is 12.9. The van der Waals surface area contributed by atoms with Crippen LogP contribution in [0.2, 0.25) is 0 Å². The second-order valence-electron chi connectivity index (χ2n) is 7.98. The van der Waals surface area contributed by atoms with Crippen LogP contribution >= 0.6 is 0 Å². The first-order valence-electron chi connectivity index (χ1n) is 10.3. The highest BCUT2D eigenvalue weighted by Crippen LogP contribution is 2.35. The van der Waals surface area contributed by atoms with Crippen LogP contribution in [-0.2, 0) is 11.3 Å². The van der Waals surface area contributed by atoms with Crippen LogP contribution in [0, 0.1) is 6.92 Å². The molecule has 1 aromatic heterocycles. The topological polar surface area (TPSA) is 102 Å². The highest BCUT2D eigenvalue weighted by atomic mass is 19.4. The van der Waals surface area contributed by atoms with Crippen molar-refractivity contribution in [3.05, 3.63) is 47.8 Å². The van der Waals surface area contributed by atoms with Crippen LogP contribution in [0.1, 0.15) is 11.4 Å². The molecule has 0 bridgehead atoms.